The van der Waals surface area contributed by atoms with Crippen molar-refractivity contribution < 1.29 is 14.6 Å². The molecule has 0 aliphatic heterocycles. The lowest BCUT2D eigenvalue weighted by molar-refractivity contribution is 0.0442. The Morgan fingerprint density at radius 3 is 2.39 bits per heavy atom. The zero-order valence-electron chi connectivity index (χ0n) is 11.7. The number of hydrogen-bond acceptors (Lipinski definition) is 3. The van der Waals surface area contributed by atoms with Gasteiger partial charge in [0.25, 0.3) is 0 Å². The van der Waals surface area contributed by atoms with Crippen LogP contribution in [0.2, 0.25) is 0 Å². The standard InChI is InChI=1S/C15H22O3/c1-10(2)18-12-8-6-7-11(9-12)13(16)14(17)15(3,4)5/h6-10,14,17H,1-5H3. The summed E-state index contributed by atoms with van der Waals surface area (Å²) in [7, 11) is 0. The number of hydrogen-bond donors (Lipinski definition) is 1. The Kier molecular flexibility index (Phi) is 4.52. The molecule has 0 saturated heterocycles. The van der Waals surface area contributed by atoms with Crippen molar-refractivity contribution in [1.29, 1.82) is 0 Å². The fraction of sp³-hybridized carbons (Fsp3) is 0.533. The summed E-state index contributed by atoms with van der Waals surface area (Å²) in [5, 5.41) is 9.99. The molecule has 100 valence electrons. The van der Waals surface area contributed by atoms with Gasteiger partial charge in [0.1, 0.15) is 11.9 Å². The number of ether oxygens (including phenoxy) is 1. The number of benzene rings is 1. The van der Waals surface area contributed by atoms with Gasteiger partial charge in [0.15, 0.2) is 5.78 Å². The highest BCUT2D eigenvalue weighted by Crippen LogP contribution is 2.24. The third-order valence-electron chi connectivity index (χ3n) is 2.56. The Morgan fingerprint density at radius 1 is 1.28 bits per heavy atom. The van der Waals surface area contributed by atoms with Gasteiger partial charge in [-0.3, -0.25) is 4.79 Å². The highest BCUT2D eigenvalue weighted by molar-refractivity contribution is 6.00. The van der Waals surface area contributed by atoms with Crippen LogP contribution < -0.4 is 4.74 Å². The largest absolute Gasteiger partial charge is 0.491 e. The van der Waals surface area contributed by atoms with Crippen LogP contribution in [0.3, 0.4) is 0 Å². The van der Waals surface area contributed by atoms with Gasteiger partial charge in [0.05, 0.1) is 6.10 Å². The van der Waals surface area contributed by atoms with Crippen molar-refractivity contribution in [2.75, 3.05) is 0 Å². The lowest BCUT2D eigenvalue weighted by Crippen LogP contribution is -2.34. The Labute approximate surface area is 109 Å². The van der Waals surface area contributed by atoms with E-state index in [2.05, 4.69) is 0 Å². The second-order valence-electron chi connectivity index (χ2n) is 5.83. The van der Waals surface area contributed by atoms with Gasteiger partial charge in [0.2, 0.25) is 0 Å². The molecule has 0 aromatic heterocycles. The van der Waals surface area contributed by atoms with E-state index in [0.717, 1.165) is 0 Å². The van der Waals surface area contributed by atoms with Crippen molar-refractivity contribution in [2.24, 2.45) is 5.41 Å². The average molecular weight is 250 g/mol. The second kappa shape index (κ2) is 5.53. The summed E-state index contributed by atoms with van der Waals surface area (Å²) in [5.41, 5.74) is 0.0157. The van der Waals surface area contributed by atoms with Crippen LogP contribution in [0, 0.1) is 5.41 Å². The summed E-state index contributed by atoms with van der Waals surface area (Å²) in [6.45, 7) is 9.37. The maximum absolute atomic E-state index is 12.1. The van der Waals surface area contributed by atoms with E-state index in [4.69, 9.17) is 4.74 Å². The van der Waals surface area contributed by atoms with E-state index in [0.29, 0.717) is 11.3 Å². The molecule has 0 saturated carbocycles. The Morgan fingerprint density at radius 2 is 1.89 bits per heavy atom. The van der Waals surface area contributed by atoms with Gasteiger partial charge in [-0.25, -0.2) is 0 Å². The number of aliphatic hydroxyl groups is 1. The van der Waals surface area contributed by atoms with Crippen molar-refractivity contribution in [3.8, 4) is 5.75 Å². The Bertz CT molecular complexity index is 416. The molecular weight excluding hydrogens is 228 g/mol. The van der Waals surface area contributed by atoms with E-state index in [-0.39, 0.29) is 11.9 Å². The fourth-order valence-electron chi connectivity index (χ4n) is 1.55. The van der Waals surface area contributed by atoms with Crippen LogP contribution in [-0.2, 0) is 0 Å². The summed E-state index contributed by atoms with van der Waals surface area (Å²) in [6, 6.07) is 6.95. The summed E-state index contributed by atoms with van der Waals surface area (Å²) in [6.07, 6.45) is -0.949. The van der Waals surface area contributed by atoms with Gasteiger partial charge < -0.3 is 9.84 Å². The van der Waals surface area contributed by atoms with E-state index in [1.807, 2.05) is 34.6 Å². The van der Waals surface area contributed by atoms with Crippen LogP contribution in [0.4, 0.5) is 0 Å². The molecule has 18 heavy (non-hydrogen) atoms. The summed E-state index contributed by atoms with van der Waals surface area (Å²) in [4.78, 5) is 12.1. The first-order valence-corrected chi connectivity index (χ1v) is 6.21. The van der Waals surface area contributed by atoms with E-state index in [1.54, 1.807) is 24.3 Å². The first-order chi connectivity index (χ1) is 8.21. The molecule has 0 radical (unpaired) electrons. The average Bonchev–Trinajstić information content (AvgIpc) is 2.25. The fourth-order valence-corrected chi connectivity index (χ4v) is 1.55. The molecule has 0 bridgehead atoms. The van der Waals surface area contributed by atoms with Crippen molar-refractivity contribution in [1.82, 2.24) is 0 Å². The third-order valence-corrected chi connectivity index (χ3v) is 2.56. The lowest BCUT2D eigenvalue weighted by atomic mass is 9.84. The predicted molar refractivity (Wildman–Crippen MR) is 72.0 cm³/mol. The van der Waals surface area contributed by atoms with E-state index in [9.17, 15) is 9.90 Å². The topological polar surface area (TPSA) is 46.5 Å². The molecule has 3 nitrogen and oxygen atoms in total. The minimum Gasteiger partial charge on any atom is -0.491 e. The number of carbonyl (C=O) groups is 1. The number of carbonyl (C=O) groups excluding carboxylic acids is 1. The summed E-state index contributed by atoms with van der Waals surface area (Å²) in [5.74, 6) is 0.383. The zero-order chi connectivity index (χ0) is 13.9. The molecular formula is C15H22O3. The molecule has 1 rings (SSSR count). The molecule has 3 heteroatoms. The van der Waals surface area contributed by atoms with E-state index < -0.39 is 11.5 Å². The van der Waals surface area contributed by atoms with Gasteiger partial charge in [-0.05, 0) is 31.4 Å². The minimum absolute atomic E-state index is 0.0582. The number of ketones is 1. The summed E-state index contributed by atoms with van der Waals surface area (Å²) < 4.78 is 5.54. The van der Waals surface area contributed by atoms with Gasteiger partial charge >= 0.3 is 0 Å². The van der Waals surface area contributed by atoms with Crippen LogP contribution in [0.1, 0.15) is 45.0 Å². The molecule has 0 heterocycles. The van der Waals surface area contributed by atoms with Crippen molar-refractivity contribution in [3.05, 3.63) is 29.8 Å². The minimum atomic E-state index is -1.01. The van der Waals surface area contributed by atoms with Crippen LogP contribution in [0.25, 0.3) is 0 Å². The van der Waals surface area contributed by atoms with Gasteiger partial charge in [-0.2, -0.15) is 0 Å². The van der Waals surface area contributed by atoms with E-state index in [1.165, 1.54) is 0 Å². The Balaban J connectivity index is 2.93. The van der Waals surface area contributed by atoms with Crippen molar-refractivity contribution in [2.45, 2.75) is 46.8 Å². The van der Waals surface area contributed by atoms with Crippen LogP contribution >= 0.6 is 0 Å². The first kappa shape index (κ1) is 14.7. The molecule has 1 unspecified atom stereocenters. The maximum Gasteiger partial charge on any atom is 0.191 e. The molecule has 0 aliphatic carbocycles. The third kappa shape index (κ3) is 3.84. The first-order valence-electron chi connectivity index (χ1n) is 6.21. The maximum atomic E-state index is 12.1. The number of Topliss-reactive ketones (excluding diaryl/α,β-unsaturated/α-hetero) is 1. The molecule has 1 atom stereocenters. The zero-order valence-corrected chi connectivity index (χ0v) is 11.7. The number of rotatable bonds is 4. The molecule has 1 aromatic carbocycles. The lowest BCUT2D eigenvalue weighted by Gasteiger charge is -2.24. The van der Waals surface area contributed by atoms with Gasteiger partial charge in [-0.15, -0.1) is 0 Å². The highest BCUT2D eigenvalue weighted by atomic mass is 16.5. The SMILES string of the molecule is CC(C)Oc1cccc(C(=O)C(O)C(C)(C)C)c1. The number of aliphatic hydroxyl groups excluding tert-OH is 1. The van der Waals surface area contributed by atoms with Gasteiger partial charge in [-0.1, -0.05) is 32.9 Å². The molecule has 1 N–H and O–H groups in total. The van der Waals surface area contributed by atoms with Crippen molar-refractivity contribution >= 4 is 5.78 Å². The van der Waals surface area contributed by atoms with Gasteiger partial charge in [0, 0.05) is 5.56 Å². The van der Waals surface area contributed by atoms with Crippen LogP contribution in [0.15, 0.2) is 24.3 Å². The van der Waals surface area contributed by atoms with Crippen LogP contribution in [-0.4, -0.2) is 23.1 Å². The second-order valence-corrected chi connectivity index (χ2v) is 5.83. The predicted octanol–water partition coefficient (Wildman–Crippen LogP) is 3.06. The summed E-state index contributed by atoms with van der Waals surface area (Å²) >= 11 is 0. The van der Waals surface area contributed by atoms with Crippen molar-refractivity contribution in [3.63, 3.8) is 0 Å². The van der Waals surface area contributed by atoms with E-state index >= 15 is 0 Å². The molecule has 0 fully saturated rings. The smallest absolute Gasteiger partial charge is 0.191 e. The van der Waals surface area contributed by atoms with Crippen LogP contribution in [0.5, 0.6) is 5.75 Å². The normalized spacial score (nSPS) is 13.5. The Hall–Kier alpha value is -1.35. The molecule has 0 aliphatic rings. The molecule has 0 amide bonds. The molecule has 1 aromatic rings. The molecule has 0 spiro atoms. The quantitative estimate of drug-likeness (QED) is 0.835. The monoisotopic (exact) mass is 250 g/mol. The highest BCUT2D eigenvalue weighted by Gasteiger charge is 2.29.